The van der Waals surface area contributed by atoms with Crippen LogP contribution in [0.3, 0.4) is 0 Å². The molecule has 0 fully saturated rings. The molecule has 8 rings (SSSR count). The maximum atomic E-state index is 4.98. The van der Waals surface area contributed by atoms with Gasteiger partial charge in [-0.3, -0.25) is 0 Å². The molecule has 0 amide bonds. The number of hydrogen-bond donors (Lipinski definition) is 0. The number of rotatable bonds is 8. The van der Waals surface area contributed by atoms with Crippen LogP contribution in [-0.2, 0) is 0 Å². The first-order chi connectivity index (χ1) is 24.7. The van der Waals surface area contributed by atoms with Crippen LogP contribution in [0.5, 0.6) is 0 Å². The molecule has 238 valence electrons. The lowest BCUT2D eigenvalue weighted by molar-refractivity contribution is 1.07. The molecule has 3 nitrogen and oxygen atoms in total. The van der Waals surface area contributed by atoms with Gasteiger partial charge in [0.25, 0.3) is 0 Å². The molecule has 0 N–H and O–H groups in total. The van der Waals surface area contributed by atoms with E-state index in [9.17, 15) is 0 Å². The van der Waals surface area contributed by atoms with E-state index in [1.807, 2.05) is 91.1 Å². The number of hydrogen-bond acceptors (Lipinski definition) is 4. The zero-order chi connectivity index (χ0) is 33.9. The predicted octanol–water partition coefficient (Wildman–Crippen LogP) is 12.7. The van der Waals surface area contributed by atoms with Gasteiger partial charge in [-0.2, -0.15) is 0 Å². The Morgan fingerprint density at radius 3 is 1.58 bits per heavy atom. The average Bonchev–Trinajstić information content (AvgIpc) is 3.58. The number of nitrogens with zero attached hydrogens (tertiary/aromatic N) is 3. The second-order valence-corrected chi connectivity index (χ2v) is 13.0. The van der Waals surface area contributed by atoms with Crippen molar-refractivity contribution in [3.63, 3.8) is 0 Å². The smallest absolute Gasteiger partial charge is 0.164 e. The van der Waals surface area contributed by atoms with E-state index in [-0.39, 0.29) is 0 Å². The van der Waals surface area contributed by atoms with Gasteiger partial charge in [0.15, 0.2) is 17.5 Å². The van der Waals surface area contributed by atoms with E-state index in [0.29, 0.717) is 17.5 Å². The van der Waals surface area contributed by atoms with Crippen molar-refractivity contribution in [2.45, 2.75) is 6.92 Å². The molecule has 50 heavy (non-hydrogen) atoms. The van der Waals surface area contributed by atoms with Crippen LogP contribution in [0.15, 0.2) is 176 Å². The van der Waals surface area contributed by atoms with Crippen LogP contribution in [0.2, 0.25) is 0 Å². The Labute approximate surface area is 296 Å². The van der Waals surface area contributed by atoms with Crippen LogP contribution < -0.4 is 0 Å². The van der Waals surface area contributed by atoms with Crippen molar-refractivity contribution in [2.24, 2.45) is 0 Å². The Morgan fingerprint density at radius 1 is 0.520 bits per heavy atom. The van der Waals surface area contributed by atoms with Gasteiger partial charge in [-0.1, -0.05) is 170 Å². The molecule has 0 aliphatic heterocycles. The molecule has 0 saturated heterocycles. The molecule has 0 radical (unpaired) electrons. The van der Waals surface area contributed by atoms with Crippen molar-refractivity contribution >= 4 is 37.1 Å². The van der Waals surface area contributed by atoms with Gasteiger partial charge in [0.1, 0.15) is 0 Å². The number of benzene rings is 6. The minimum atomic E-state index is 0.648. The van der Waals surface area contributed by atoms with E-state index in [4.69, 9.17) is 15.0 Å². The largest absolute Gasteiger partial charge is 0.208 e. The van der Waals surface area contributed by atoms with Crippen molar-refractivity contribution in [1.82, 2.24) is 15.0 Å². The minimum absolute atomic E-state index is 0.648. The van der Waals surface area contributed by atoms with Crippen LogP contribution in [-0.4, -0.2) is 15.0 Å². The van der Waals surface area contributed by atoms with Crippen LogP contribution >= 0.6 is 11.3 Å². The summed E-state index contributed by atoms with van der Waals surface area (Å²) in [5, 5.41) is 2.52. The highest BCUT2D eigenvalue weighted by Gasteiger charge is 2.16. The van der Waals surface area contributed by atoms with Gasteiger partial charge >= 0.3 is 0 Å². The highest BCUT2D eigenvalue weighted by molar-refractivity contribution is 7.26. The van der Waals surface area contributed by atoms with Crippen molar-refractivity contribution < 1.29 is 0 Å². The Kier molecular flexibility index (Phi) is 8.52. The first-order valence-corrected chi connectivity index (χ1v) is 17.5. The summed E-state index contributed by atoms with van der Waals surface area (Å²) >= 11 is 1.86. The van der Waals surface area contributed by atoms with Gasteiger partial charge in [-0.25, -0.2) is 15.0 Å². The Hall–Kier alpha value is -6.23. The van der Waals surface area contributed by atoms with Crippen LogP contribution in [0.4, 0.5) is 0 Å². The molecule has 0 aliphatic carbocycles. The Balaban J connectivity index is 1.23. The lowest BCUT2D eigenvalue weighted by atomic mass is 9.97. The van der Waals surface area contributed by atoms with Gasteiger partial charge < -0.3 is 0 Å². The molecule has 4 heteroatoms. The summed E-state index contributed by atoms with van der Waals surface area (Å²) in [6.45, 7) is 5.93. The highest BCUT2D eigenvalue weighted by Crippen LogP contribution is 2.44. The van der Waals surface area contributed by atoms with Crippen LogP contribution in [0.25, 0.3) is 82.2 Å². The zero-order valence-electron chi connectivity index (χ0n) is 27.6. The summed E-state index contributed by atoms with van der Waals surface area (Å²) in [5.41, 5.74) is 9.92. The topological polar surface area (TPSA) is 38.7 Å². The maximum Gasteiger partial charge on any atom is 0.164 e. The summed E-state index contributed by atoms with van der Waals surface area (Å²) in [4.78, 5) is 14.8. The molecule has 6 aromatic carbocycles. The molecule has 0 unspecified atom stereocenters. The van der Waals surface area contributed by atoms with Crippen molar-refractivity contribution in [1.29, 1.82) is 0 Å². The molecular formula is C46H33N3S. The summed E-state index contributed by atoms with van der Waals surface area (Å²) in [7, 11) is 0. The van der Waals surface area contributed by atoms with Crippen molar-refractivity contribution in [2.75, 3.05) is 0 Å². The summed E-state index contributed by atoms with van der Waals surface area (Å²) in [6, 6.07) is 50.9. The van der Waals surface area contributed by atoms with Gasteiger partial charge in [0, 0.05) is 36.9 Å². The van der Waals surface area contributed by atoms with Gasteiger partial charge in [-0.05, 0) is 46.4 Å². The molecule has 0 saturated carbocycles. The number of aromatic nitrogens is 3. The first kappa shape index (κ1) is 31.1. The maximum absolute atomic E-state index is 4.98. The highest BCUT2D eigenvalue weighted by atomic mass is 32.1. The molecule has 2 aromatic heterocycles. The third kappa shape index (κ3) is 5.98. The summed E-state index contributed by atoms with van der Waals surface area (Å²) in [6.07, 6.45) is 8.06. The monoisotopic (exact) mass is 659 g/mol. The Morgan fingerprint density at radius 2 is 1.02 bits per heavy atom. The second kappa shape index (κ2) is 13.7. The minimum Gasteiger partial charge on any atom is -0.208 e. The normalized spacial score (nSPS) is 11.8. The Bertz CT molecular complexity index is 2490. The van der Waals surface area contributed by atoms with Crippen LogP contribution in [0.1, 0.15) is 12.5 Å². The average molecular weight is 660 g/mol. The van der Waals surface area contributed by atoms with Gasteiger partial charge in [-0.15, -0.1) is 11.3 Å². The van der Waals surface area contributed by atoms with Crippen molar-refractivity contribution in [3.05, 3.63) is 182 Å². The van der Waals surface area contributed by atoms with E-state index in [2.05, 4.69) is 104 Å². The molecule has 2 heterocycles. The van der Waals surface area contributed by atoms with E-state index in [0.717, 1.165) is 27.8 Å². The lowest BCUT2D eigenvalue weighted by Crippen LogP contribution is -2.00. The van der Waals surface area contributed by atoms with E-state index in [1.165, 1.54) is 42.4 Å². The van der Waals surface area contributed by atoms with Gasteiger partial charge in [0.2, 0.25) is 0 Å². The fraction of sp³-hybridized carbons (Fsp3) is 0.0217. The molecule has 0 spiro atoms. The first-order valence-electron chi connectivity index (χ1n) is 16.7. The molecule has 0 aliphatic rings. The standard InChI is InChI=1S/C46H33N3S/c1-3-14-31(15-4-2)32-26-28-33(29-27-32)38-22-12-24-40-41-25-13-23-39(43(41)50-42(38)40)36-20-11-21-37(30-36)46-48-44(34-16-7-5-8-17-34)47-45(49-46)35-18-9-6-10-19-35/h3-30H,1H2,2H3/b15-4-,31-14+. The second-order valence-electron chi connectivity index (χ2n) is 12.0. The molecule has 8 aromatic rings. The van der Waals surface area contributed by atoms with Gasteiger partial charge in [0.05, 0.1) is 0 Å². The summed E-state index contributed by atoms with van der Waals surface area (Å²) < 4.78 is 2.55. The fourth-order valence-corrected chi connectivity index (χ4v) is 7.81. The predicted molar refractivity (Wildman–Crippen MR) is 213 cm³/mol. The van der Waals surface area contributed by atoms with E-state index in [1.54, 1.807) is 0 Å². The SMILES string of the molecule is C=C/C=C(\C=C/C)c1ccc(-c2cccc3c2sc2c(-c4cccc(-c5nc(-c6ccccc6)nc(-c6ccccc6)n5)c4)cccc23)cc1. The van der Waals surface area contributed by atoms with E-state index < -0.39 is 0 Å². The van der Waals surface area contributed by atoms with Crippen molar-refractivity contribution in [3.8, 4) is 56.4 Å². The zero-order valence-corrected chi connectivity index (χ0v) is 28.4. The fourth-order valence-electron chi connectivity index (χ4n) is 6.44. The molecule has 0 atom stereocenters. The quantitative estimate of drug-likeness (QED) is 0.152. The third-order valence-electron chi connectivity index (χ3n) is 8.83. The number of thiophene rings is 1. The molecular weight excluding hydrogens is 627 g/mol. The third-order valence-corrected chi connectivity index (χ3v) is 10.1. The van der Waals surface area contributed by atoms with E-state index >= 15 is 0 Å². The number of allylic oxidation sites excluding steroid dienone is 5. The summed E-state index contributed by atoms with van der Waals surface area (Å²) in [5.74, 6) is 1.96. The van der Waals surface area contributed by atoms with Crippen LogP contribution in [0, 0.1) is 0 Å². The molecule has 0 bridgehead atoms. The lowest BCUT2D eigenvalue weighted by Gasteiger charge is -2.10. The number of fused-ring (bicyclic) bond motifs is 3.